The Balaban J connectivity index is 1.36. The minimum atomic E-state index is -0.940. The lowest BCUT2D eigenvalue weighted by atomic mass is 9.84. The van der Waals surface area contributed by atoms with E-state index in [0.717, 1.165) is 24.0 Å². The van der Waals surface area contributed by atoms with E-state index in [-0.39, 0.29) is 31.4 Å². The van der Waals surface area contributed by atoms with Gasteiger partial charge in [0.1, 0.15) is 6.61 Å². The van der Waals surface area contributed by atoms with Gasteiger partial charge in [-0.3, -0.25) is 9.59 Å². The van der Waals surface area contributed by atoms with Crippen molar-refractivity contribution in [3.05, 3.63) is 59.7 Å². The van der Waals surface area contributed by atoms with E-state index in [1.807, 2.05) is 31.2 Å². The van der Waals surface area contributed by atoms with Crippen molar-refractivity contribution in [1.82, 2.24) is 10.6 Å². The van der Waals surface area contributed by atoms with Gasteiger partial charge in [0.15, 0.2) is 0 Å². The number of fused-ring (bicyclic) bond motifs is 3. The van der Waals surface area contributed by atoms with Gasteiger partial charge in [-0.05, 0) is 41.5 Å². The summed E-state index contributed by atoms with van der Waals surface area (Å²) in [5, 5.41) is 14.8. The topological polar surface area (TPSA) is 105 Å². The zero-order valence-corrected chi connectivity index (χ0v) is 19.5. The number of carbonyl (C=O) groups is 3. The molecule has 0 heterocycles. The number of hydrogen-bond acceptors (Lipinski definition) is 4. The fraction of sp³-hybridized carbons (Fsp3) is 0.444. The Hall–Kier alpha value is -3.35. The number of carboxylic acid groups (broad SMARTS) is 1. The van der Waals surface area contributed by atoms with Crippen LogP contribution in [0.4, 0.5) is 4.79 Å². The van der Waals surface area contributed by atoms with Gasteiger partial charge in [-0.1, -0.05) is 68.3 Å². The van der Waals surface area contributed by atoms with E-state index < -0.39 is 23.5 Å². The van der Waals surface area contributed by atoms with Crippen LogP contribution in [0.15, 0.2) is 48.5 Å². The quantitative estimate of drug-likeness (QED) is 0.508. The van der Waals surface area contributed by atoms with E-state index in [1.165, 1.54) is 11.1 Å². The van der Waals surface area contributed by atoms with Gasteiger partial charge in [0.25, 0.3) is 0 Å². The van der Waals surface area contributed by atoms with E-state index in [1.54, 1.807) is 0 Å². The van der Waals surface area contributed by atoms with Crippen molar-refractivity contribution in [3.63, 3.8) is 0 Å². The van der Waals surface area contributed by atoms with Gasteiger partial charge in [-0.15, -0.1) is 0 Å². The molecular formula is C27H32N2O5. The van der Waals surface area contributed by atoms with Gasteiger partial charge in [-0.2, -0.15) is 0 Å². The molecule has 0 radical (unpaired) electrons. The summed E-state index contributed by atoms with van der Waals surface area (Å²) >= 11 is 0. The number of alkyl carbamates (subject to hydrolysis) is 1. The van der Waals surface area contributed by atoms with Crippen molar-refractivity contribution < 1.29 is 24.2 Å². The second-order valence-corrected chi connectivity index (χ2v) is 9.34. The number of ether oxygens (including phenoxy) is 1. The first-order valence-electron chi connectivity index (χ1n) is 12.0. The molecule has 1 unspecified atom stereocenters. The smallest absolute Gasteiger partial charge is 0.407 e. The van der Waals surface area contributed by atoms with E-state index in [9.17, 15) is 14.4 Å². The molecule has 1 saturated carbocycles. The molecule has 1 atom stereocenters. The normalized spacial score (nSPS) is 16.9. The second-order valence-electron chi connectivity index (χ2n) is 9.34. The van der Waals surface area contributed by atoms with Crippen molar-refractivity contribution in [2.45, 2.75) is 57.4 Å². The van der Waals surface area contributed by atoms with Crippen LogP contribution in [-0.2, 0) is 14.3 Å². The molecule has 0 aromatic heterocycles. The third kappa shape index (κ3) is 4.93. The molecule has 2 aromatic carbocycles. The highest BCUT2D eigenvalue weighted by Crippen LogP contribution is 2.44. The number of hydrogen-bond donors (Lipinski definition) is 3. The first-order chi connectivity index (χ1) is 16.4. The predicted octanol–water partition coefficient (Wildman–Crippen LogP) is 4.46. The molecule has 1 fully saturated rings. The van der Waals surface area contributed by atoms with Crippen LogP contribution in [0.25, 0.3) is 11.1 Å². The summed E-state index contributed by atoms with van der Waals surface area (Å²) in [6.45, 7) is 2.25. The number of benzene rings is 2. The van der Waals surface area contributed by atoms with Crippen LogP contribution < -0.4 is 10.6 Å². The second kappa shape index (κ2) is 10.3. The Kier molecular flexibility index (Phi) is 7.20. The number of aliphatic carboxylic acids is 1. The van der Waals surface area contributed by atoms with E-state index >= 15 is 0 Å². The minimum absolute atomic E-state index is 0.0248. The number of carbonyl (C=O) groups excluding carboxylic acids is 2. The largest absolute Gasteiger partial charge is 0.481 e. The van der Waals surface area contributed by atoms with E-state index in [4.69, 9.17) is 9.84 Å². The predicted molar refractivity (Wildman–Crippen MR) is 128 cm³/mol. The third-order valence-corrected chi connectivity index (χ3v) is 7.21. The summed E-state index contributed by atoms with van der Waals surface area (Å²) in [6.07, 6.45) is 2.99. The highest BCUT2D eigenvalue weighted by atomic mass is 16.5. The van der Waals surface area contributed by atoms with Gasteiger partial charge >= 0.3 is 12.1 Å². The summed E-state index contributed by atoms with van der Waals surface area (Å²) in [5.41, 5.74) is 3.90. The van der Waals surface area contributed by atoms with Crippen LogP contribution in [0.5, 0.6) is 0 Å². The Morgan fingerprint density at radius 1 is 1.03 bits per heavy atom. The van der Waals surface area contributed by atoms with Gasteiger partial charge in [0.05, 0.1) is 11.8 Å². The molecule has 0 spiro atoms. The average Bonchev–Trinajstić information content (AvgIpc) is 3.44. The Morgan fingerprint density at radius 3 is 2.18 bits per heavy atom. The number of rotatable bonds is 9. The number of nitrogens with one attached hydrogen (secondary N) is 2. The summed E-state index contributed by atoms with van der Waals surface area (Å²) < 4.78 is 5.62. The monoisotopic (exact) mass is 464 g/mol. The maximum absolute atomic E-state index is 13.1. The standard InChI is InChI=1S/C27H32N2O5/c1-2-18(15-24(30)31)29-25(32)27(13-7-8-14-27)17-28-26(33)34-16-23-21-11-5-3-9-19(21)20-10-4-6-12-22(20)23/h3-6,9-12,18,23H,2,7-8,13-17H2,1H3,(H,28,33)(H,29,32)(H,30,31). The highest BCUT2D eigenvalue weighted by Gasteiger charge is 2.42. The lowest BCUT2D eigenvalue weighted by Crippen LogP contribution is -2.50. The van der Waals surface area contributed by atoms with E-state index in [0.29, 0.717) is 19.3 Å². The van der Waals surface area contributed by atoms with Gasteiger partial charge in [0, 0.05) is 18.5 Å². The summed E-state index contributed by atoms with van der Waals surface area (Å²) in [7, 11) is 0. The fourth-order valence-corrected chi connectivity index (χ4v) is 5.27. The SMILES string of the molecule is CCC(CC(=O)O)NC(=O)C1(CNC(=O)OCC2c3ccccc3-c3ccccc32)CCCC1. The lowest BCUT2D eigenvalue weighted by Gasteiger charge is -2.30. The molecule has 3 N–H and O–H groups in total. The number of amides is 2. The van der Waals surface area contributed by atoms with Crippen molar-refractivity contribution >= 4 is 18.0 Å². The molecule has 0 saturated heterocycles. The first-order valence-corrected chi connectivity index (χ1v) is 12.0. The minimum Gasteiger partial charge on any atom is -0.481 e. The summed E-state index contributed by atoms with van der Waals surface area (Å²) in [6, 6.07) is 15.9. The summed E-state index contributed by atoms with van der Waals surface area (Å²) in [4.78, 5) is 36.8. The molecule has 0 aliphatic heterocycles. The van der Waals surface area contributed by atoms with Crippen LogP contribution in [0.1, 0.15) is 62.5 Å². The molecule has 7 heteroatoms. The van der Waals surface area contributed by atoms with Crippen molar-refractivity contribution in [1.29, 1.82) is 0 Å². The zero-order valence-electron chi connectivity index (χ0n) is 19.5. The van der Waals surface area contributed by atoms with Crippen molar-refractivity contribution in [2.75, 3.05) is 13.2 Å². The maximum atomic E-state index is 13.1. The molecule has 0 bridgehead atoms. The fourth-order valence-electron chi connectivity index (χ4n) is 5.27. The third-order valence-electron chi connectivity index (χ3n) is 7.21. The van der Waals surface area contributed by atoms with Crippen LogP contribution >= 0.6 is 0 Å². The van der Waals surface area contributed by atoms with Crippen LogP contribution in [0.3, 0.4) is 0 Å². The maximum Gasteiger partial charge on any atom is 0.407 e. The van der Waals surface area contributed by atoms with Crippen LogP contribution in [0.2, 0.25) is 0 Å². The molecule has 2 aliphatic rings. The average molecular weight is 465 g/mol. The molecule has 180 valence electrons. The first kappa shape index (κ1) is 23.8. The molecule has 2 aliphatic carbocycles. The molecule has 2 aromatic rings. The molecular weight excluding hydrogens is 432 g/mol. The molecule has 7 nitrogen and oxygen atoms in total. The Labute approximate surface area is 199 Å². The molecule has 2 amide bonds. The van der Waals surface area contributed by atoms with Gasteiger partial charge in [0.2, 0.25) is 5.91 Å². The Morgan fingerprint density at radius 2 is 1.62 bits per heavy atom. The highest BCUT2D eigenvalue weighted by molar-refractivity contribution is 5.85. The van der Waals surface area contributed by atoms with Crippen LogP contribution in [0, 0.1) is 5.41 Å². The number of carboxylic acids is 1. The van der Waals surface area contributed by atoms with Gasteiger partial charge in [-0.25, -0.2) is 4.79 Å². The zero-order chi connectivity index (χ0) is 24.1. The molecule has 34 heavy (non-hydrogen) atoms. The van der Waals surface area contributed by atoms with Crippen molar-refractivity contribution in [2.24, 2.45) is 5.41 Å². The lowest BCUT2D eigenvalue weighted by molar-refractivity contribution is -0.138. The van der Waals surface area contributed by atoms with Crippen molar-refractivity contribution in [3.8, 4) is 11.1 Å². The van der Waals surface area contributed by atoms with E-state index in [2.05, 4.69) is 34.9 Å². The Bertz CT molecular complexity index is 1010. The van der Waals surface area contributed by atoms with Gasteiger partial charge < -0.3 is 20.5 Å². The summed E-state index contributed by atoms with van der Waals surface area (Å²) in [5.74, 6) is -1.15. The molecule has 4 rings (SSSR count). The van der Waals surface area contributed by atoms with Crippen LogP contribution in [-0.4, -0.2) is 42.3 Å².